The Hall–Kier alpha value is -6.97. The Kier molecular flexibility index (Phi) is 13.7. The van der Waals surface area contributed by atoms with Gasteiger partial charge < -0.3 is 35.1 Å². The fraction of sp³-hybridized carbons (Fsp3) is 0.312. The van der Waals surface area contributed by atoms with E-state index in [1.165, 1.54) is 17.3 Å². The third-order valence-electron chi connectivity index (χ3n) is 11.2. The summed E-state index contributed by atoms with van der Waals surface area (Å²) in [6, 6.07) is 36.7. The molecule has 0 spiro atoms. The summed E-state index contributed by atoms with van der Waals surface area (Å²) >= 11 is 0. The minimum absolute atomic E-state index is 0.112. The number of hydrogen-bond donors (Lipinski definition) is 3. The number of carbonyl (C=O) groups is 4. The molecule has 324 valence electrons. The molecule has 0 unspecified atom stereocenters. The van der Waals surface area contributed by atoms with E-state index < -0.39 is 48.3 Å². The number of likely N-dealkylation sites (tertiary alicyclic amines) is 1. The number of nitrogens with zero attached hydrogens (tertiary/aromatic N) is 5. The van der Waals surface area contributed by atoms with Crippen LogP contribution in [0.5, 0.6) is 0 Å². The van der Waals surface area contributed by atoms with Crippen LogP contribution in [0.3, 0.4) is 0 Å². The molecule has 0 bridgehead atoms. The predicted molar refractivity (Wildman–Crippen MR) is 235 cm³/mol. The van der Waals surface area contributed by atoms with Crippen LogP contribution in [0.1, 0.15) is 80.8 Å². The van der Waals surface area contributed by atoms with E-state index >= 15 is 0 Å². The second kappa shape index (κ2) is 20.3. The van der Waals surface area contributed by atoms with Gasteiger partial charge in [0.25, 0.3) is 11.8 Å². The molecular weight excluding hydrogens is 801 g/mol. The molecule has 2 aliphatic heterocycles. The van der Waals surface area contributed by atoms with E-state index in [4.69, 9.17) is 29.2 Å². The molecular formula is C48H50N8O7. The van der Waals surface area contributed by atoms with Crippen LogP contribution in [0.15, 0.2) is 128 Å². The maximum atomic E-state index is 14.0. The van der Waals surface area contributed by atoms with Crippen LogP contribution in [0.4, 0.5) is 5.82 Å². The zero-order valence-corrected chi connectivity index (χ0v) is 35.0. The summed E-state index contributed by atoms with van der Waals surface area (Å²) in [5.41, 5.74) is 3.02. The molecule has 0 aliphatic carbocycles. The summed E-state index contributed by atoms with van der Waals surface area (Å²) in [5.74, 6) is -2.55. The summed E-state index contributed by atoms with van der Waals surface area (Å²) in [7, 11) is 0. The van der Waals surface area contributed by atoms with Crippen LogP contribution in [0, 0.1) is 0 Å². The smallest absolute Gasteiger partial charge is 0.338 e. The molecule has 2 fully saturated rings. The van der Waals surface area contributed by atoms with Gasteiger partial charge >= 0.3 is 11.9 Å². The number of nitrogens with one attached hydrogen (secondary N) is 3. The Morgan fingerprint density at radius 2 is 1.30 bits per heavy atom. The molecule has 8 rings (SSSR count). The van der Waals surface area contributed by atoms with E-state index in [0.717, 1.165) is 37.1 Å². The van der Waals surface area contributed by atoms with Gasteiger partial charge in [-0.2, -0.15) is 0 Å². The maximum Gasteiger partial charge on any atom is 0.338 e. The van der Waals surface area contributed by atoms with E-state index in [1.54, 1.807) is 67.6 Å². The summed E-state index contributed by atoms with van der Waals surface area (Å²) < 4.78 is 20.2. The molecule has 2 aromatic heterocycles. The zero-order valence-electron chi connectivity index (χ0n) is 35.0. The van der Waals surface area contributed by atoms with Gasteiger partial charge in [-0.3, -0.25) is 14.2 Å². The average Bonchev–Trinajstić information content (AvgIpc) is 3.91. The van der Waals surface area contributed by atoms with E-state index in [9.17, 15) is 19.2 Å². The molecule has 2 saturated heterocycles. The lowest BCUT2D eigenvalue weighted by atomic mass is 9.91. The summed E-state index contributed by atoms with van der Waals surface area (Å²) in [5, 5.41) is 9.23. The molecule has 15 heteroatoms. The van der Waals surface area contributed by atoms with E-state index in [-0.39, 0.29) is 46.4 Å². The molecule has 3 N–H and O–H groups in total. The summed E-state index contributed by atoms with van der Waals surface area (Å²) in [6.45, 7) is 5.39. The maximum absolute atomic E-state index is 14.0. The Labute approximate surface area is 365 Å². The minimum atomic E-state index is -1.43. The monoisotopic (exact) mass is 850 g/mol. The van der Waals surface area contributed by atoms with Crippen molar-refractivity contribution in [2.45, 2.75) is 56.6 Å². The quantitative estimate of drug-likeness (QED) is 0.100. The minimum Gasteiger partial charge on any atom is -0.451 e. The standard InChI is InChI=1S/C48H50N8O7/c1-2-49-44(57)39-38(62-47(59)34-22-12-5-13-23-34)40(63-48(60)35-24-14-6-15-25-35)46(61-39)56-31-52-37-41(51-30-36(32-18-8-3-9-19-32)33-20-10-4-11-21-33)53-42(54-43(37)56)45(58)50-26-29-55-27-16-7-17-28-55/h3-6,8-15,18-25,31,36,38-40,46H,2,7,16-17,26-30H2,1H3,(H,49,57)(H,50,58)(H,51,53,54)/t38-,39+,40-,46-/m1/s1. The fourth-order valence-electron chi connectivity index (χ4n) is 8.05. The molecule has 0 saturated carbocycles. The normalized spacial score (nSPS) is 18.8. The van der Waals surface area contributed by atoms with Crippen LogP contribution in [0.25, 0.3) is 11.2 Å². The van der Waals surface area contributed by atoms with Crippen LogP contribution >= 0.6 is 0 Å². The number of imidazole rings is 1. The lowest BCUT2D eigenvalue weighted by molar-refractivity contribution is -0.137. The number of rotatable bonds is 16. The Balaban J connectivity index is 1.19. The molecule has 4 aromatic carbocycles. The van der Waals surface area contributed by atoms with Gasteiger partial charge in [-0.15, -0.1) is 0 Å². The lowest BCUT2D eigenvalue weighted by Crippen LogP contribution is -2.46. The van der Waals surface area contributed by atoms with Crippen molar-refractivity contribution in [2.75, 3.05) is 44.6 Å². The first-order chi connectivity index (χ1) is 30.9. The van der Waals surface area contributed by atoms with Crippen molar-refractivity contribution >= 4 is 40.7 Å². The number of benzene rings is 4. The van der Waals surface area contributed by atoms with Crippen molar-refractivity contribution in [1.82, 2.24) is 35.1 Å². The van der Waals surface area contributed by atoms with Crippen molar-refractivity contribution in [3.63, 3.8) is 0 Å². The molecule has 15 nitrogen and oxygen atoms in total. The fourth-order valence-corrected chi connectivity index (χ4v) is 8.05. The second-order valence-electron chi connectivity index (χ2n) is 15.4. The average molecular weight is 851 g/mol. The molecule has 4 heterocycles. The lowest BCUT2D eigenvalue weighted by Gasteiger charge is -2.26. The number of esters is 2. The number of piperidine rings is 1. The van der Waals surface area contributed by atoms with Crippen molar-refractivity contribution in [1.29, 1.82) is 0 Å². The van der Waals surface area contributed by atoms with Crippen LogP contribution in [0.2, 0.25) is 0 Å². The van der Waals surface area contributed by atoms with Gasteiger partial charge in [0.15, 0.2) is 41.5 Å². The van der Waals surface area contributed by atoms with Crippen LogP contribution in [-0.2, 0) is 19.0 Å². The number of carbonyl (C=O) groups excluding carboxylic acids is 4. The first-order valence-corrected chi connectivity index (χ1v) is 21.4. The Morgan fingerprint density at radius 1 is 0.730 bits per heavy atom. The van der Waals surface area contributed by atoms with Gasteiger partial charge in [-0.05, 0) is 68.2 Å². The highest BCUT2D eigenvalue weighted by Gasteiger charge is 2.54. The third-order valence-corrected chi connectivity index (χ3v) is 11.2. The van der Waals surface area contributed by atoms with Gasteiger partial charge in [0.05, 0.1) is 17.5 Å². The van der Waals surface area contributed by atoms with Gasteiger partial charge in [0.1, 0.15) is 0 Å². The summed E-state index contributed by atoms with van der Waals surface area (Å²) in [4.78, 5) is 71.8. The number of fused-ring (bicyclic) bond motifs is 1. The van der Waals surface area contributed by atoms with E-state index in [0.29, 0.717) is 19.6 Å². The molecule has 2 amide bonds. The topological polar surface area (TPSA) is 179 Å². The molecule has 6 aromatic rings. The second-order valence-corrected chi connectivity index (χ2v) is 15.4. The largest absolute Gasteiger partial charge is 0.451 e. The number of likely N-dealkylation sites (N-methyl/N-ethyl adjacent to an activating group) is 1. The van der Waals surface area contributed by atoms with Gasteiger partial charge in [0.2, 0.25) is 5.82 Å². The highest BCUT2D eigenvalue weighted by molar-refractivity contribution is 5.95. The number of hydrogen-bond acceptors (Lipinski definition) is 12. The number of aromatic nitrogens is 4. The van der Waals surface area contributed by atoms with Crippen LogP contribution in [-0.4, -0.2) is 106 Å². The van der Waals surface area contributed by atoms with Crippen molar-refractivity contribution < 1.29 is 33.4 Å². The molecule has 2 aliphatic rings. The highest BCUT2D eigenvalue weighted by Crippen LogP contribution is 2.38. The van der Waals surface area contributed by atoms with Crippen LogP contribution < -0.4 is 16.0 Å². The first kappa shape index (κ1) is 42.7. The molecule has 63 heavy (non-hydrogen) atoms. The predicted octanol–water partition coefficient (Wildman–Crippen LogP) is 5.77. The summed E-state index contributed by atoms with van der Waals surface area (Å²) in [6.07, 6.45) is -0.689. The molecule has 4 atom stereocenters. The van der Waals surface area contributed by atoms with Gasteiger partial charge in [0, 0.05) is 32.1 Å². The zero-order chi connectivity index (χ0) is 43.5. The van der Waals surface area contributed by atoms with Gasteiger partial charge in [-0.1, -0.05) is 103 Å². The molecule has 0 radical (unpaired) electrons. The first-order valence-electron chi connectivity index (χ1n) is 21.4. The third kappa shape index (κ3) is 10.1. The van der Waals surface area contributed by atoms with Crippen molar-refractivity contribution in [2.24, 2.45) is 0 Å². The number of anilines is 1. The van der Waals surface area contributed by atoms with Crippen molar-refractivity contribution in [3.8, 4) is 0 Å². The Bertz CT molecular complexity index is 2440. The number of amides is 2. The van der Waals surface area contributed by atoms with E-state index in [2.05, 4.69) is 45.1 Å². The highest BCUT2D eigenvalue weighted by atomic mass is 16.6. The number of ether oxygens (including phenoxy) is 3. The Morgan fingerprint density at radius 3 is 1.89 bits per heavy atom. The van der Waals surface area contributed by atoms with Crippen molar-refractivity contribution in [3.05, 3.63) is 156 Å². The SMILES string of the molecule is CCNC(=O)[C@H]1O[C@@H](n2cnc3c(NCC(c4ccccc4)c4ccccc4)nc(C(=O)NCCN4CCCCC4)nc32)[C@H](OC(=O)c2ccccc2)[C@@H]1OC(=O)c1ccccc1. The van der Waals surface area contributed by atoms with E-state index in [1.807, 2.05) is 36.4 Å². The van der Waals surface area contributed by atoms with Gasteiger partial charge in [-0.25, -0.2) is 24.5 Å².